The van der Waals surface area contributed by atoms with Crippen molar-refractivity contribution in [3.63, 3.8) is 0 Å². The maximum absolute atomic E-state index is 14.1. The third-order valence-corrected chi connectivity index (χ3v) is 6.56. The first-order chi connectivity index (χ1) is 16.3. The minimum Gasteiger partial charge on any atom is -0.465 e. The minimum atomic E-state index is -1.79. The van der Waals surface area contributed by atoms with E-state index < -0.39 is 22.9 Å². The van der Waals surface area contributed by atoms with E-state index in [1.165, 1.54) is 12.0 Å². The average molecular weight is 457 g/mol. The average Bonchev–Trinajstić information content (AvgIpc) is 3.04. The molecule has 5 rings (SSSR count). The predicted molar refractivity (Wildman–Crippen MR) is 125 cm³/mol. The zero-order valence-corrected chi connectivity index (χ0v) is 19.0. The number of anilines is 1. The number of likely N-dealkylation sites (N-methyl/N-ethyl adjacent to an activating group) is 1. The predicted octanol–water partition coefficient (Wildman–Crippen LogP) is 2.20. The summed E-state index contributed by atoms with van der Waals surface area (Å²) in [5.74, 6) is -1.43. The lowest BCUT2D eigenvalue weighted by atomic mass is 9.68. The van der Waals surface area contributed by atoms with Gasteiger partial charge in [0.25, 0.3) is 5.56 Å². The van der Waals surface area contributed by atoms with Crippen LogP contribution >= 0.6 is 0 Å². The molecule has 0 fully saturated rings. The van der Waals surface area contributed by atoms with Crippen LogP contribution in [0.1, 0.15) is 22.4 Å². The van der Waals surface area contributed by atoms with E-state index in [9.17, 15) is 14.4 Å². The molecule has 1 aromatic heterocycles. The van der Waals surface area contributed by atoms with Crippen LogP contribution in [0, 0.1) is 6.92 Å². The van der Waals surface area contributed by atoms with Gasteiger partial charge in [-0.2, -0.15) is 0 Å². The monoisotopic (exact) mass is 457 g/mol. The molecule has 2 N–H and O–H groups in total. The number of pyridine rings is 1. The lowest BCUT2D eigenvalue weighted by molar-refractivity contribution is -0.138. The minimum absolute atomic E-state index is 0.0467. The molecule has 1 amide bonds. The number of para-hydroxylation sites is 1. The number of hydrogen-bond acceptors (Lipinski definition) is 6. The summed E-state index contributed by atoms with van der Waals surface area (Å²) in [7, 11) is 2.80. The molecule has 1 spiro atoms. The smallest absolute Gasteiger partial charge is 0.340 e. The Morgan fingerprint density at radius 3 is 2.47 bits per heavy atom. The molecule has 34 heavy (non-hydrogen) atoms. The molecule has 0 aliphatic carbocycles. The Morgan fingerprint density at radius 2 is 1.76 bits per heavy atom. The summed E-state index contributed by atoms with van der Waals surface area (Å²) in [5.41, 5.74) is 6.44. The van der Waals surface area contributed by atoms with Gasteiger partial charge in [0.2, 0.25) is 11.8 Å². The normalized spacial score (nSPS) is 18.6. The van der Waals surface area contributed by atoms with Crippen molar-refractivity contribution in [3.05, 3.63) is 105 Å². The molecule has 2 aliphatic heterocycles. The van der Waals surface area contributed by atoms with Gasteiger partial charge in [-0.3, -0.25) is 9.59 Å². The van der Waals surface area contributed by atoms with Gasteiger partial charge in [-0.05, 0) is 18.6 Å². The van der Waals surface area contributed by atoms with Crippen LogP contribution in [0.2, 0.25) is 0 Å². The van der Waals surface area contributed by atoms with Crippen molar-refractivity contribution in [2.24, 2.45) is 5.73 Å². The number of fused-ring (bicyclic) bond motifs is 4. The van der Waals surface area contributed by atoms with Crippen molar-refractivity contribution in [2.45, 2.75) is 18.9 Å². The Bertz CT molecular complexity index is 1440. The van der Waals surface area contributed by atoms with E-state index in [4.69, 9.17) is 15.2 Å². The highest BCUT2D eigenvalue weighted by Crippen LogP contribution is 2.54. The van der Waals surface area contributed by atoms with Crippen LogP contribution in [0.4, 0.5) is 5.69 Å². The Morgan fingerprint density at radius 1 is 1.09 bits per heavy atom. The number of ether oxygens (including phenoxy) is 2. The SMILES string of the molecule is COC(=O)C1=C(N)Oc2cc(C)n(Cc3ccccc3)c(=O)c2[C@]12C(=O)N(C)c1ccccc12. The van der Waals surface area contributed by atoms with Gasteiger partial charge < -0.3 is 24.7 Å². The molecule has 8 heteroatoms. The highest BCUT2D eigenvalue weighted by Gasteiger charge is 2.61. The van der Waals surface area contributed by atoms with Gasteiger partial charge >= 0.3 is 5.97 Å². The van der Waals surface area contributed by atoms with Gasteiger partial charge in [0.05, 0.1) is 19.2 Å². The van der Waals surface area contributed by atoms with E-state index in [0.717, 1.165) is 5.56 Å². The quantitative estimate of drug-likeness (QED) is 0.605. The first kappa shape index (κ1) is 21.5. The molecule has 1 atom stereocenters. The third-order valence-electron chi connectivity index (χ3n) is 6.56. The molecular weight excluding hydrogens is 434 g/mol. The number of amides is 1. The van der Waals surface area contributed by atoms with Crippen molar-refractivity contribution < 1.29 is 19.1 Å². The number of benzene rings is 2. The van der Waals surface area contributed by atoms with Gasteiger partial charge in [0.15, 0.2) is 0 Å². The van der Waals surface area contributed by atoms with E-state index in [-0.39, 0.29) is 29.3 Å². The van der Waals surface area contributed by atoms with Crippen LogP contribution in [0.25, 0.3) is 0 Å². The molecule has 0 saturated heterocycles. The summed E-state index contributed by atoms with van der Waals surface area (Å²) in [6.45, 7) is 2.07. The molecule has 3 aromatic rings. The molecule has 0 saturated carbocycles. The van der Waals surface area contributed by atoms with Crippen LogP contribution < -0.4 is 20.9 Å². The van der Waals surface area contributed by atoms with Crippen molar-refractivity contribution in [1.82, 2.24) is 4.57 Å². The van der Waals surface area contributed by atoms with E-state index in [2.05, 4.69) is 0 Å². The van der Waals surface area contributed by atoms with E-state index in [1.54, 1.807) is 48.9 Å². The van der Waals surface area contributed by atoms with E-state index in [0.29, 0.717) is 16.9 Å². The van der Waals surface area contributed by atoms with Crippen LogP contribution in [0.3, 0.4) is 0 Å². The van der Waals surface area contributed by atoms with Crippen LogP contribution in [0.5, 0.6) is 5.75 Å². The third kappa shape index (κ3) is 2.75. The lowest BCUT2D eigenvalue weighted by Crippen LogP contribution is -2.51. The Kier molecular flexibility index (Phi) is 4.82. The van der Waals surface area contributed by atoms with Gasteiger partial charge in [-0.1, -0.05) is 48.5 Å². The summed E-state index contributed by atoms with van der Waals surface area (Å²) in [6.07, 6.45) is 0. The zero-order valence-electron chi connectivity index (χ0n) is 19.0. The van der Waals surface area contributed by atoms with E-state index >= 15 is 0 Å². The van der Waals surface area contributed by atoms with Crippen molar-refractivity contribution in [1.29, 1.82) is 0 Å². The fourth-order valence-electron chi connectivity index (χ4n) is 5.01. The molecule has 0 unspecified atom stereocenters. The Hall–Kier alpha value is -4.33. The summed E-state index contributed by atoms with van der Waals surface area (Å²) >= 11 is 0. The van der Waals surface area contributed by atoms with Gasteiger partial charge in [-0.25, -0.2) is 4.79 Å². The Labute approximate surface area is 195 Å². The second-order valence-electron chi connectivity index (χ2n) is 8.37. The largest absolute Gasteiger partial charge is 0.465 e. The number of esters is 1. The topological polar surface area (TPSA) is 104 Å². The molecule has 0 bridgehead atoms. The molecule has 172 valence electrons. The first-order valence-corrected chi connectivity index (χ1v) is 10.7. The van der Waals surface area contributed by atoms with E-state index in [1.807, 2.05) is 30.3 Å². The van der Waals surface area contributed by atoms with Crippen molar-refractivity contribution in [3.8, 4) is 5.75 Å². The molecule has 2 aromatic carbocycles. The molecule has 2 aliphatic rings. The molecule has 3 heterocycles. The second kappa shape index (κ2) is 7.62. The number of methoxy groups -OCH3 is 1. The second-order valence-corrected chi connectivity index (χ2v) is 8.37. The Balaban J connectivity index is 1.88. The summed E-state index contributed by atoms with van der Waals surface area (Å²) in [4.78, 5) is 42.6. The van der Waals surface area contributed by atoms with Gasteiger partial charge in [0, 0.05) is 30.1 Å². The zero-order chi connectivity index (χ0) is 24.2. The number of rotatable bonds is 3. The lowest BCUT2D eigenvalue weighted by Gasteiger charge is -2.35. The fraction of sp³-hybridized carbons (Fsp3) is 0.192. The van der Waals surface area contributed by atoms with Crippen molar-refractivity contribution >= 4 is 17.6 Å². The van der Waals surface area contributed by atoms with Crippen molar-refractivity contribution in [2.75, 3.05) is 19.1 Å². The molecule has 8 nitrogen and oxygen atoms in total. The summed E-state index contributed by atoms with van der Waals surface area (Å²) in [6, 6.07) is 18.2. The van der Waals surface area contributed by atoms with Gasteiger partial charge in [0.1, 0.15) is 16.7 Å². The molecular formula is C26H23N3O5. The maximum atomic E-state index is 14.1. The highest BCUT2D eigenvalue weighted by atomic mass is 16.5. The first-order valence-electron chi connectivity index (χ1n) is 10.7. The number of carbonyl (C=O) groups is 2. The molecule has 0 radical (unpaired) electrons. The number of nitrogens with zero attached hydrogens (tertiary/aromatic N) is 2. The number of aromatic nitrogens is 1. The number of carbonyl (C=O) groups excluding carboxylic acids is 2. The number of nitrogens with two attached hydrogens (primary N) is 1. The van der Waals surface area contributed by atoms with Crippen LogP contribution in [-0.4, -0.2) is 30.6 Å². The highest BCUT2D eigenvalue weighted by molar-refractivity contribution is 6.18. The number of aryl methyl sites for hydroxylation is 1. The van der Waals surface area contributed by atoms with Crippen LogP contribution in [-0.2, 0) is 26.3 Å². The van der Waals surface area contributed by atoms with Gasteiger partial charge in [-0.15, -0.1) is 0 Å². The maximum Gasteiger partial charge on any atom is 0.340 e. The standard InChI is InChI=1S/C26H23N3O5/c1-15-13-19-20(23(30)29(15)14-16-9-5-4-6-10-16)26(21(22(27)34-19)24(31)33-3)17-11-7-8-12-18(17)28(2)25(26)32/h4-13H,14,27H2,1-3H3/t26-/m0/s1. The summed E-state index contributed by atoms with van der Waals surface area (Å²) in [5, 5.41) is 0. The fourth-order valence-corrected chi connectivity index (χ4v) is 5.01. The van der Waals surface area contributed by atoms with Crippen LogP contribution in [0.15, 0.2) is 76.9 Å². The summed E-state index contributed by atoms with van der Waals surface area (Å²) < 4.78 is 12.4. The number of hydrogen-bond donors (Lipinski definition) is 1.